The van der Waals surface area contributed by atoms with Crippen molar-refractivity contribution >= 4 is 19.7 Å². The van der Waals surface area contributed by atoms with Crippen LogP contribution in [0, 0.1) is 6.92 Å². The molecule has 0 aromatic carbocycles. The monoisotopic (exact) mass is 222 g/mol. The van der Waals surface area contributed by atoms with Crippen LogP contribution in [0.15, 0.2) is 11.1 Å². The van der Waals surface area contributed by atoms with E-state index < -0.39 is 9.05 Å². The summed E-state index contributed by atoms with van der Waals surface area (Å²) < 4.78 is 23.6. The first-order valence-electron chi connectivity index (χ1n) is 3.94. The summed E-state index contributed by atoms with van der Waals surface area (Å²) in [6, 6.07) is 0. The highest BCUT2D eigenvalue weighted by Gasteiger charge is 2.17. The molecule has 0 saturated heterocycles. The standard InChI is InChI=1S/C7H11ClN2O2S/c1-3-4-10-6(2)7(5-9-10)13(8,11)12/h5H,3-4H2,1-2H3. The summed E-state index contributed by atoms with van der Waals surface area (Å²) in [4.78, 5) is 0.0996. The second kappa shape index (κ2) is 3.67. The van der Waals surface area contributed by atoms with E-state index in [0.29, 0.717) is 12.2 Å². The zero-order valence-corrected chi connectivity index (χ0v) is 9.06. The first-order valence-corrected chi connectivity index (χ1v) is 6.24. The van der Waals surface area contributed by atoms with Gasteiger partial charge in [0.15, 0.2) is 0 Å². The summed E-state index contributed by atoms with van der Waals surface area (Å²) in [7, 11) is 1.55. The van der Waals surface area contributed by atoms with Crippen LogP contribution in [0.25, 0.3) is 0 Å². The minimum atomic E-state index is -3.64. The van der Waals surface area contributed by atoms with E-state index in [1.54, 1.807) is 11.6 Å². The Morgan fingerprint density at radius 3 is 2.62 bits per heavy atom. The molecule has 4 nitrogen and oxygen atoms in total. The van der Waals surface area contributed by atoms with Gasteiger partial charge in [-0.1, -0.05) is 6.92 Å². The van der Waals surface area contributed by atoms with Gasteiger partial charge in [-0.15, -0.1) is 0 Å². The Balaban J connectivity index is 3.14. The van der Waals surface area contributed by atoms with Crippen molar-refractivity contribution < 1.29 is 8.42 Å². The summed E-state index contributed by atoms with van der Waals surface area (Å²) in [5.41, 5.74) is 0.594. The molecular formula is C7H11ClN2O2S. The SMILES string of the molecule is CCCn1ncc(S(=O)(=O)Cl)c1C. The van der Waals surface area contributed by atoms with E-state index in [4.69, 9.17) is 10.7 Å². The summed E-state index contributed by atoms with van der Waals surface area (Å²) in [6.45, 7) is 4.39. The van der Waals surface area contributed by atoms with E-state index in [-0.39, 0.29) is 4.90 Å². The maximum atomic E-state index is 11.0. The van der Waals surface area contributed by atoms with Crippen LogP contribution < -0.4 is 0 Å². The van der Waals surface area contributed by atoms with Crippen LogP contribution in [-0.4, -0.2) is 18.2 Å². The predicted molar refractivity (Wildman–Crippen MR) is 50.3 cm³/mol. The molecule has 0 saturated carbocycles. The maximum Gasteiger partial charge on any atom is 0.264 e. The van der Waals surface area contributed by atoms with Crippen molar-refractivity contribution in [3.05, 3.63) is 11.9 Å². The average Bonchev–Trinajstić information content (AvgIpc) is 2.32. The first kappa shape index (κ1) is 10.5. The van der Waals surface area contributed by atoms with Crippen LogP contribution in [0.1, 0.15) is 19.0 Å². The molecule has 0 atom stereocenters. The van der Waals surface area contributed by atoms with Gasteiger partial charge in [0.25, 0.3) is 9.05 Å². The second-order valence-electron chi connectivity index (χ2n) is 2.76. The van der Waals surface area contributed by atoms with E-state index in [1.807, 2.05) is 6.92 Å². The largest absolute Gasteiger partial charge is 0.268 e. The third-order valence-corrected chi connectivity index (χ3v) is 3.18. The van der Waals surface area contributed by atoms with Crippen molar-refractivity contribution in [2.24, 2.45) is 0 Å². The third kappa shape index (κ3) is 2.22. The van der Waals surface area contributed by atoms with E-state index in [1.165, 1.54) is 6.20 Å². The molecule has 0 fully saturated rings. The Kier molecular flexibility index (Phi) is 2.98. The topological polar surface area (TPSA) is 52.0 Å². The normalized spacial score (nSPS) is 11.9. The molecule has 1 aromatic heterocycles. The number of halogens is 1. The van der Waals surface area contributed by atoms with Gasteiger partial charge in [0.2, 0.25) is 0 Å². The summed E-state index contributed by atoms with van der Waals surface area (Å²) in [5.74, 6) is 0. The average molecular weight is 223 g/mol. The molecule has 6 heteroatoms. The van der Waals surface area contributed by atoms with Crippen LogP contribution in [0.2, 0.25) is 0 Å². The first-order chi connectivity index (χ1) is 5.96. The zero-order chi connectivity index (χ0) is 10.1. The molecule has 74 valence electrons. The van der Waals surface area contributed by atoms with Gasteiger partial charge in [0.1, 0.15) is 4.90 Å². The van der Waals surface area contributed by atoms with Crippen LogP contribution in [0.5, 0.6) is 0 Å². The Bertz CT molecular complexity index is 397. The molecule has 1 aromatic rings. The lowest BCUT2D eigenvalue weighted by Gasteiger charge is -2.00. The van der Waals surface area contributed by atoms with Crippen LogP contribution >= 0.6 is 10.7 Å². The fourth-order valence-corrected chi connectivity index (χ4v) is 2.19. The molecule has 1 rings (SSSR count). The highest BCUT2D eigenvalue weighted by Crippen LogP contribution is 2.18. The maximum absolute atomic E-state index is 11.0. The van der Waals surface area contributed by atoms with E-state index >= 15 is 0 Å². The molecular weight excluding hydrogens is 212 g/mol. The minimum absolute atomic E-state index is 0.0996. The summed E-state index contributed by atoms with van der Waals surface area (Å²) >= 11 is 0. The van der Waals surface area contributed by atoms with Gasteiger partial charge >= 0.3 is 0 Å². The lowest BCUT2D eigenvalue weighted by Crippen LogP contribution is -2.02. The van der Waals surface area contributed by atoms with E-state index in [9.17, 15) is 8.42 Å². The van der Waals surface area contributed by atoms with Gasteiger partial charge in [-0.2, -0.15) is 5.10 Å². The molecule has 13 heavy (non-hydrogen) atoms. The predicted octanol–water partition coefficient (Wildman–Crippen LogP) is 1.53. The fraction of sp³-hybridized carbons (Fsp3) is 0.571. The molecule has 1 heterocycles. The fourth-order valence-electron chi connectivity index (χ4n) is 1.11. The molecule has 0 aliphatic rings. The number of nitrogens with zero attached hydrogens (tertiary/aromatic N) is 2. The zero-order valence-electron chi connectivity index (χ0n) is 7.49. The molecule has 0 spiro atoms. The molecule has 0 aliphatic carbocycles. The Labute approximate surface area is 81.9 Å². The number of rotatable bonds is 3. The van der Waals surface area contributed by atoms with Crippen molar-refractivity contribution in [2.45, 2.75) is 31.7 Å². The van der Waals surface area contributed by atoms with E-state index in [0.717, 1.165) is 6.42 Å². The van der Waals surface area contributed by atoms with Crippen molar-refractivity contribution in [1.29, 1.82) is 0 Å². The van der Waals surface area contributed by atoms with Gasteiger partial charge in [-0.05, 0) is 13.3 Å². The summed E-state index contributed by atoms with van der Waals surface area (Å²) in [6.07, 6.45) is 2.19. The van der Waals surface area contributed by atoms with Gasteiger partial charge in [-0.25, -0.2) is 8.42 Å². The molecule has 0 aliphatic heterocycles. The highest BCUT2D eigenvalue weighted by atomic mass is 35.7. The molecule has 0 bridgehead atoms. The van der Waals surface area contributed by atoms with Gasteiger partial charge in [0.05, 0.1) is 11.9 Å². The quantitative estimate of drug-likeness (QED) is 0.729. The van der Waals surface area contributed by atoms with Crippen LogP contribution in [-0.2, 0) is 15.6 Å². The second-order valence-corrected chi connectivity index (χ2v) is 5.29. The number of hydrogen-bond donors (Lipinski definition) is 0. The number of hydrogen-bond acceptors (Lipinski definition) is 3. The molecule has 0 unspecified atom stereocenters. The van der Waals surface area contributed by atoms with Gasteiger partial charge < -0.3 is 0 Å². The van der Waals surface area contributed by atoms with Crippen molar-refractivity contribution in [1.82, 2.24) is 9.78 Å². The summed E-state index contributed by atoms with van der Waals surface area (Å²) in [5, 5.41) is 3.92. The minimum Gasteiger partial charge on any atom is -0.268 e. The lowest BCUT2D eigenvalue weighted by atomic mass is 10.4. The van der Waals surface area contributed by atoms with Crippen LogP contribution in [0.4, 0.5) is 0 Å². The Morgan fingerprint density at radius 2 is 2.23 bits per heavy atom. The Hall–Kier alpha value is -0.550. The smallest absolute Gasteiger partial charge is 0.264 e. The van der Waals surface area contributed by atoms with Crippen molar-refractivity contribution in [3.8, 4) is 0 Å². The molecule has 0 N–H and O–H groups in total. The van der Waals surface area contributed by atoms with Gasteiger partial charge in [-0.3, -0.25) is 4.68 Å². The van der Waals surface area contributed by atoms with Gasteiger partial charge in [0, 0.05) is 17.2 Å². The van der Waals surface area contributed by atoms with Crippen molar-refractivity contribution in [3.63, 3.8) is 0 Å². The van der Waals surface area contributed by atoms with Crippen LogP contribution in [0.3, 0.4) is 0 Å². The molecule has 0 radical (unpaired) electrons. The third-order valence-electron chi connectivity index (χ3n) is 1.76. The van der Waals surface area contributed by atoms with E-state index in [2.05, 4.69) is 5.10 Å². The number of aryl methyl sites for hydroxylation is 1. The number of aromatic nitrogens is 2. The molecule has 0 amide bonds. The lowest BCUT2D eigenvalue weighted by molar-refractivity contribution is 0.582. The highest BCUT2D eigenvalue weighted by molar-refractivity contribution is 8.13. The Morgan fingerprint density at radius 1 is 1.62 bits per heavy atom. The van der Waals surface area contributed by atoms with Crippen molar-refractivity contribution in [2.75, 3.05) is 0 Å².